The Kier molecular flexibility index (Phi) is 40.9. The fraction of sp³-hybridized carbons (Fsp3) is 0.956. The molecule has 0 aliphatic carbocycles. The van der Waals surface area contributed by atoms with E-state index < -0.39 is 19.9 Å². The molecule has 0 saturated carbocycles. The number of carbonyl (C=O) groups excluding carboxylic acids is 2. The minimum absolute atomic E-state index is 0.00559. The van der Waals surface area contributed by atoms with Crippen LogP contribution in [0.2, 0.25) is 0 Å². The minimum Gasteiger partial charge on any atom is -0.462 e. The van der Waals surface area contributed by atoms with E-state index in [-0.39, 0.29) is 32.2 Å². The van der Waals surface area contributed by atoms with Gasteiger partial charge in [-0.25, -0.2) is 4.57 Å². The largest absolute Gasteiger partial charge is 0.472 e. The van der Waals surface area contributed by atoms with Gasteiger partial charge in [-0.3, -0.25) is 18.6 Å². The van der Waals surface area contributed by atoms with E-state index in [4.69, 9.17) is 18.5 Å². The third kappa shape index (κ3) is 40.7. The number of ether oxygens (including phenoxy) is 2. The van der Waals surface area contributed by atoms with E-state index in [1.54, 1.807) is 6.92 Å². The molecule has 1 N–H and O–H groups in total. The zero-order chi connectivity index (χ0) is 39.6. The monoisotopic (exact) mass is 789 g/mol. The van der Waals surface area contributed by atoms with Crippen LogP contribution in [0, 0.1) is 0 Å². The van der Waals surface area contributed by atoms with Gasteiger partial charge in [0.2, 0.25) is 0 Å². The van der Waals surface area contributed by atoms with Crippen molar-refractivity contribution in [1.29, 1.82) is 0 Å². The second-order valence-corrected chi connectivity index (χ2v) is 17.2. The topological polar surface area (TPSA) is 108 Å². The van der Waals surface area contributed by atoms with E-state index in [1.165, 1.54) is 180 Å². The van der Waals surface area contributed by atoms with Crippen LogP contribution in [0.4, 0.5) is 0 Å². The predicted octanol–water partition coefficient (Wildman–Crippen LogP) is 14.7. The molecular formula is C45H89O8P. The van der Waals surface area contributed by atoms with Crippen molar-refractivity contribution >= 4 is 19.8 Å². The minimum atomic E-state index is -4.27. The Morgan fingerprint density at radius 2 is 0.722 bits per heavy atom. The molecule has 8 nitrogen and oxygen atoms in total. The summed E-state index contributed by atoms with van der Waals surface area (Å²) in [5, 5.41) is 0. The maximum atomic E-state index is 12.6. The Bertz CT molecular complexity index is 854. The summed E-state index contributed by atoms with van der Waals surface area (Å²) in [6.45, 7) is 5.51. The third-order valence-electron chi connectivity index (χ3n) is 10.4. The number of phosphoric acid groups is 1. The molecule has 0 spiro atoms. The lowest BCUT2D eigenvalue weighted by atomic mass is 10.0. The van der Waals surface area contributed by atoms with E-state index >= 15 is 0 Å². The van der Waals surface area contributed by atoms with Crippen molar-refractivity contribution in [3.63, 3.8) is 0 Å². The zero-order valence-electron chi connectivity index (χ0n) is 35.9. The second-order valence-electron chi connectivity index (χ2n) is 15.8. The Balaban J connectivity index is 3.87. The van der Waals surface area contributed by atoms with Crippen LogP contribution < -0.4 is 0 Å². The molecule has 2 unspecified atom stereocenters. The highest BCUT2D eigenvalue weighted by Gasteiger charge is 2.25. The Labute approximate surface area is 334 Å². The van der Waals surface area contributed by atoms with Crippen molar-refractivity contribution in [3.8, 4) is 0 Å². The van der Waals surface area contributed by atoms with E-state index in [0.717, 1.165) is 38.5 Å². The average Bonchev–Trinajstić information content (AvgIpc) is 3.15. The van der Waals surface area contributed by atoms with E-state index in [0.29, 0.717) is 6.42 Å². The van der Waals surface area contributed by atoms with Gasteiger partial charge in [0.05, 0.1) is 13.2 Å². The highest BCUT2D eigenvalue weighted by Crippen LogP contribution is 2.43. The van der Waals surface area contributed by atoms with Crippen LogP contribution in [0.5, 0.6) is 0 Å². The normalized spacial score (nSPS) is 13.2. The number of hydrogen-bond acceptors (Lipinski definition) is 7. The fourth-order valence-electron chi connectivity index (χ4n) is 6.99. The summed E-state index contributed by atoms with van der Waals surface area (Å²) in [5.41, 5.74) is 0. The summed E-state index contributed by atoms with van der Waals surface area (Å²) >= 11 is 0. The van der Waals surface area contributed by atoms with Crippen molar-refractivity contribution in [2.24, 2.45) is 0 Å². The van der Waals surface area contributed by atoms with Crippen LogP contribution in [-0.4, -0.2) is 42.8 Å². The van der Waals surface area contributed by atoms with E-state index in [9.17, 15) is 19.0 Å². The standard InChI is InChI=1S/C45H89O8P/c1-4-7-9-11-13-15-17-18-19-20-21-22-23-24-25-26-27-28-29-30-32-34-36-38-40-45(47)53-43(42-52-54(48,49)51-6-3)41-50-44(46)39-37-35-33-31-16-14-12-10-8-5-2/h43H,4-42H2,1-3H3,(H,48,49). The highest BCUT2D eigenvalue weighted by atomic mass is 31.2. The summed E-state index contributed by atoms with van der Waals surface area (Å²) in [4.78, 5) is 34.7. The van der Waals surface area contributed by atoms with Crippen molar-refractivity contribution in [2.75, 3.05) is 19.8 Å². The van der Waals surface area contributed by atoms with Gasteiger partial charge in [0.25, 0.3) is 0 Å². The maximum absolute atomic E-state index is 12.6. The lowest BCUT2D eigenvalue weighted by Crippen LogP contribution is -2.29. The SMILES string of the molecule is CCCCCCCCCCCCCCCCCCCCCCCCCCC(=O)OC(COC(=O)CCCCCCCCCCCC)COP(=O)(O)OCC. The van der Waals surface area contributed by atoms with Crippen molar-refractivity contribution < 1.29 is 37.6 Å². The van der Waals surface area contributed by atoms with Gasteiger partial charge in [0, 0.05) is 12.8 Å². The third-order valence-corrected chi connectivity index (χ3v) is 11.5. The van der Waals surface area contributed by atoms with Crippen LogP contribution >= 0.6 is 7.82 Å². The maximum Gasteiger partial charge on any atom is 0.472 e. The lowest BCUT2D eigenvalue weighted by molar-refractivity contribution is -0.161. The molecule has 0 aromatic rings. The van der Waals surface area contributed by atoms with Crippen LogP contribution in [-0.2, 0) is 32.7 Å². The molecule has 0 heterocycles. The molecule has 0 aliphatic heterocycles. The van der Waals surface area contributed by atoms with Gasteiger partial charge >= 0.3 is 19.8 Å². The second kappa shape index (κ2) is 41.7. The Hall–Kier alpha value is -0.950. The summed E-state index contributed by atoms with van der Waals surface area (Å²) in [5.74, 6) is -0.782. The molecule has 0 aliphatic rings. The first-order chi connectivity index (χ1) is 26.3. The smallest absolute Gasteiger partial charge is 0.462 e. The van der Waals surface area contributed by atoms with Crippen LogP contribution in [0.15, 0.2) is 0 Å². The van der Waals surface area contributed by atoms with Gasteiger partial charge in [-0.2, -0.15) is 0 Å². The number of rotatable bonds is 44. The van der Waals surface area contributed by atoms with Gasteiger partial charge in [0.1, 0.15) is 6.61 Å². The molecule has 0 fully saturated rings. The van der Waals surface area contributed by atoms with Crippen molar-refractivity contribution in [1.82, 2.24) is 0 Å². The summed E-state index contributed by atoms with van der Waals surface area (Å²) in [6.07, 6.45) is 43.2. The molecule has 322 valence electrons. The number of unbranched alkanes of at least 4 members (excludes halogenated alkanes) is 32. The predicted molar refractivity (Wildman–Crippen MR) is 226 cm³/mol. The zero-order valence-corrected chi connectivity index (χ0v) is 36.8. The van der Waals surface area contributed by atoms with Gasteiger partial charge < -0.3 is 14.4 Å². The Morgan fingerprint density at radius 1 is 0.426 bits per heavy atom. The quantitative estimate of drug-likeness (QED) is 0.0369. The van der Waals surface area contributed by atoms with E-state index in [1.807, 2.05) is 0 Å². The molecule has 0 bridgehead atoms. The molecular weight excluding hydrogens is 699 g/mol. The molecule has 9 heteroatoms. The molecule has 0 rings (SSSR count). The number of esters is 2. The molecule has 0 amide bonds. The van der Waals surface area contributed by atoms with Gasteiger partial charge in [-0.15, -0.1) is 0 Å². The molecule has 0 radical (unpaired) electrons. The average molecular weight is 789 g/mol. The summed E-state index contributed by atoms with van der Waals surface area (Å²) < 4.78 is 32.6. The van der Waals surface area contributed by atoms with Gasteiger partial charge in [0.15, 0.2) is 6.10 Å². The van der Waals surface area contributed by atoms with Gasteiger partial charge in [-0.05, 0) is 19.8 Å². The number of hydrogen-bond donors (Lipinski definition) is 1. The molecule has 2 atom stereocenters. The van der Waals surface area contributed by atoms with Gasteiger partial charge in [-0.1, -0.05) is 219 Å². The first-order valence-corrected chi connectivity index (χ1v) is 24.8. The number of carbonyl (C=O) groups is 2. The highest BCUT2D eigenvalue weighted by molar-refractivity contribution is 7.47. The Morgan fingerprint density at radius 3 is 1.04 bits per heavy atom. The molecule has 0 aromatic heterocycles. The lowest BCUT2D eigenvalue weighted by Gasteiger charge is -2.19. The van der Waals surface area contributed by atoms with Crippen LogP contribution in [0.25, 0.3) is 0 Å². The fourth-order valence-corrected chi connectivity index (χ4v) is 7.74. The first kappa shape index (κ1) is 53.0. The van der Waals surface area contributed by atoms with Crippen LogP contribution in [0.3, 0.4) is 0 Å². The van der Waals surface area contributed by atoms with Crippen LogP contribution in [0.1, 0.15) is 252 Å². The molecule has 54 heavy (non-hydrogen) atoms. The summed E-state index contributed by atoms with van der Waals surface area (Å²) in [6, 6.07) is 0. The molecule has 0 aromatic carbocycles. The van der Waals surface area contributed by atoms with E-state index in [2.05, 4.69) is 13.8 Å². The van der Waals surface area contributed by atoms with Crippen molar-refractivity contribution in [3.05, 3.63) is 0 Å². The molecule has 0 saturated heterocycles. The number of phosphoric ester groups is 1. The summed E-state index contributed by atoms with van der Waals surface area (Å²) in [7, 11) is -4.27. The first-order valence-electron chi connectivity index (χ1n) is 23.3. The van der Waals surface area contributed by atoms with Crippen molar-refractivity contribution in [2.45, 2.75) is 258 Å².